The number of nitrogens with one attached hydrogen (secondary N) is 2. The molecule has 0 aliphatic heterocycles. The molecule has 1 aromatic carbocycles. The fourth-order valence-corrected chi connectivity index (χ4v) is 4.03. The molecule has 1 saturated carbocycles. The second-order valence-corrected chi connectivity index (χ2v) is 8.48. The Morgan fingerprint density at radius 2 is 1.97 bits per heavy atom. The molecular weight excluding hydrogens is 438 g/mol. The number of carbonyl (C=O) groups is 1. The number of carbonyl (C=O) groups excluding carboxylic acids is 1. The molecule has 0 bridgehead atoms. The summed E-state index contributed by atoms with van der Waals surface area (Å²) < 4.78 is 27.7. The van der Waals surface area contributed by atoms with E-state index in [-0.39, 0.29) is 17.6 Å². The van der Waals surface area contributed by atoms with Gasteiger partial charge < -0.3 is 15.2 Å². The van der Waals surface area contributed by atoms with Gasteiger partial charge in [-0.2, -0.15) is 0 Å². The number of aromatic nitrogens is 4. The van der Waals surface area contributed by atoms with Crippen molar-refractivity contribution in [3.05, 3.63) is 53.6 Å². The molecular formula is C25H22F2N6O. The monoisotopic (exact) mass is 460 g/mol. The Bertz CT molecular complexity index is 1500. The zero-order valence-electron chi connectivity index (χ0n) is 18.9. The van der Waals surface area contributed by atoms with E-state index in [9.17, 15) is 13.6 Å². The van der Waals surface area contributed by atoms with Gasteiger partial charge in [-0.15, -0.1) is 0 Å². The lowest BCUT2D eigenvalue weighted by molar-refractivity contribution is -0.117. The van der Waals surface area contributed by atoms with Crippen LogP contribution < -0.4 is 10.6 Å². The summed E-state index contributed by atoms with van der Waals surface area (Å²) in [5.41, 5.74) is 2.39. The molecule has 1 aliphatic carbocycles. The number of pyridine rings is 2. The van der Waals surface area contributed by atoms with Crippen molar-refractivity contribution in [1.29, 1.82) is 0 Å². The zero-order valence-corrected chi connectivity index (χ0v) is 18.9. The molecule has 2 N–H and O–H groups in total. The fraction of sp³-hybridized carbons (Fsp3) is 0.280. The van der Waals surface area contributed by atoms with E-state index in [1.54, 1.807) is 50.8 Å². The summed E-state index contributed by atoms with van der Waals surface area (Å²) in [6.07, 6.45) is 1.57. The minimum atomic E-state index is -2.65. The molecule has 0 saturated heterocycles. The number of anilines is 2. The third-order valence-corrected chi connectivity index (χ3v) is 6.16. The number of hydrogen-bond acceptors (Lipinski definition) is 5. The average molecular weight is 460 g/mol. The lowest BCUT2D eigenvalue weighted by Crippen LogP contribution is -2.15. The molecule has 4 aromatic rings. The number of rotatable bonds is 4. The number of alkyl halides is 2. The number of halogens is 2. The van der Waals surface area contributed by atoms with Crippen LogP contribution in [0.5, 0.6) is 0 Å². The predicted octanol–water partition coefficient (Wildman–Crippen LogP) is 4.49. The van der Waals surface area contributed by atoms with Gasteiger partial charge in [0, 0.05) is 48.7 Å². The Kier molecular flexibility index (Phi) is 5.36. The lowest BCUT2D eigenvalue weighted by Gasteiger charge is -2.09. The Morgan fingerprint density at radius 3 is 2.68 bits per heavy atom. The van der Waals surface area contributed by atoms with E-state index < -0.39 is 6.43 Å². The minimum absolute atomic E-state index is 0.0254. The maximum Gasteiger partial charge on any atom is 0.295 e. The number of amides is 1. The summed E-state index contributed by atoms with van der Waals surface area (Å²) >= 11 is 0. The van der Waals surface area contributed by atoms with Gasteiger partial charge in [-0.25, -0.2) is 23.7 Å². The summed E-state index contributed by atoms with van der Waals surface area (Å²) in [6.45, 7) is 2.05. The van der Waals surface area contributed by atoms with Gasteiger partial charge in [0.25, 0.3) is 6.43 Å². The van der Waals surface area contributed by atoms with Crippen molar-refractivity contribution in [2.45, 2.75) is 19.8 Å². The van der Waals surface area contributed by atoms with Gasteiger partial charge in [0.2, 0.25) is 5.91 Å². The molecule has 7 nitrogen and oxygen atoms in total. The Balaban J connectivity index is 1.53. The lowest BCUT2D eigenvalue weighted by atomic mass is 10.1. The van der Waals surface area contributed by atoms with Gasteiger partial charge in [0.15, 0.2) is 5.82 Å². The molecule has 172 valence electrons. The van der Waals surface area contributed by atoms with Crippen LogP contribution in [-0.2, 0) is 11.8 Å². The highest BCUT2D eigenvalue weighted by molar-refractivity contribution is 5.99. The first kappa shape index (κ1) is 21.8. The SMILES string of the molecule is CNc1ncc(C#Cc2ccc3nc(C(F)F)n(C)c3c2)c2cc(NC(=O)C3CC3C)ncc12. The van der Waals surface area contributed by atoms with Gasteiger partial charge in [0.1, 0.15) is 11.6 Å². The Hall–Kier alpha value is -4.06. The first-order chi connectivity index (χ1) is 16.4. The van der Waals surface area contributed by atoms with Crippen LogP contribution in [-0.4, -0.2) is 32.5 Å². The highest BCUT2D eigenvalue weighted by Gasteiger charge is 2.39. The van der Waals surface area contributed by atoms with Crippen LogP contribution in [0.2, 0.25) is 0 Å². The van der Waals surface area contributed by atoms with Gasteiger partial charge in [0.05, 0.1) is 16.6 Å². The van der Waals surface area contributed by atoms with E-state index in [4.69, 9.17) is 0 Å². The largest absolute Gasteiger partial charge is 0.373 e. The molecule has 3 aromatic heterocycles. The summed E-state index contributed by atoms with van der Waals surface area (Å²) in [7, 11) is 3.33. The molecule has 34 heavy (non-hydrogen) atoms. The Morgan fingerprint density at radius 1 is 1.18 bits per heavy atom. The van der Waals surface area contributed by atoms with E-state index in [1.165, 1.54) is 4.57 Å². The highest BCUT2D eigenvalue weighted by Crippen LogP contribution is 2.38. The van der Waals surface area contributed by atoms with Crippen LogP contribution in [0, 0.1) is 23.7 Å². The third-order valence-electron chi connectivity index (χ3n) is 6.16. The molecule has 5 rings (SSSR count). The van der Waals surface area contributed by atoms with E-state index in [2.05, 4.69) is 37.4 Å². The standard InChI is InChI=1S/C25H22F2N6O/c1-13-8-16(13)25(34)32-21-10-17-15(11-30-23(28-2)18(17)12-29-21)6-4-14-5-7-19-20(9-14)33(3)24(31-19)22(26)27/h5,7,9-13,16,22H,8H2,1-3H3,(H,28,30)(H,29,32,34). The topological polar surface area (TPSA) is 84.7 Å². The normalized spacial score (nSPS) is 17.0. The molecule has 0 spiro atoms. The van der Waals surface area contributed by atoms with Crippen LogP contribution in [0.3, 0.4) is 0 Å². The van der Waals surface area contributed by atoms with Crippen molar-refractivity contribution in [1.82, 2.24) is 19.5 Å². The van der Waals surface area contributed by atoms with Crippen molar-refractivity contribution in [2.24, 2.45) is 18.9 Å². The van der Waals surface area contributed by atoms with Crippen molar-refractivity contribution in [2.75, 3.05) is 17.7 Å². The number of fused-ring (bicyclic) bond motifs is 2. The first-order valence-corrected chi connectivity index (χ1v) is 10.9. The summed E-state index contributed by atoms with van der Waals surface area (Å²) in [4.78, 5) is 25.2. The van der Waals surface area contributed by atoms with Gasteiger partial charge in [-0.05, 0) is 36.6 Å². The van der Waals surface area contributed by atoms with Gasteiger partial charge in [-0.3, -0.25) is 4.79 Å². The smallest absolute Gasteiger partial charge is 0.295 e. The molecule has 1 aliphatic rings. The number of benzene rings is 1. The second kappa shape index (κ2) is 8.37. The molecule has 3 heterocycles. The van der Waals surface area contributed by atoms with Crippen molar-refractivity contribution in [3.63, 3.8) is 0 Å². The average Bonchev–Trinajstić information content (AvgIpc) is 3.48. The number of aryl methyl sites for hydroxylation is 1. The molecule has 1 fully saturated rings. The summed E-state index contributed by atoms with van der Waals surface area (Å²) in [5, 5.41) is 7.51. The van der Waals surface area contributed by atoms with Crippen molar-refractivity contribution in [3.8, 4) is 11.8 Å². The van der Waals surface area contributed by atoms with Crippen LogP contribution in [0.15, 0.2) is 36.7 Å². The molecule has 0 radical (unpaired) electrons. The van der Waals surface area contributed by atoms with E-state index in [1.807, 2.05) is 6.92 Å². The van der Waals surface area contributed by atoms with Crippen LogP contribution in [0.4, 0.5) is 20.4 Å². The maximum absolute atomic E-state index is 13.2. The highest BCUT2D eigenvalue weighted by atomic mass is 19.3. The Labute approximate surface area is 194 Å². The first-order valence-electron chi connectivity index (χ1n) is 10.9. The van der Waals surface area contributed by atoms with Gasteiger partial charge >= 0.3 is 0 Å². The number of imidazole rings is 1. The van der Waals surface area contributed by atoms with Crippen LogP contribution >= 0.6 is 0 Å². The predicted molar refractivity (Wildman–Crippen MR) is 127 cm³/mol. The van der Waals surface area contributed by atoms with Crippen LogP contribution in [0.1, 0.15) is 36.7 Å². The fourth-order valence-electron chi connectivity index (χ4n) is 4.03. The number of hydrogen-bond donors (Lipinski definition) is 2. The number of nitrogens with zero attached hydrogens (tertiary/aromatic N) is 4. The second-order valence-electron chi connectivity index (χ2n) is 8.48. The van der Waals surface area contributed by atoms with Gasteiger partial charge in [-0.1, -0.05) is 18.8 Å². The third kappa shape index (κ3) is 3.92. The summed E-state index contributed by atoms with van der Waals surface area (Å²) in [6, 6.07) is 6.97. The minimum Gasteiger partial charge on any atom is -0.373 e. The van der Waals surface area contributed by atoms with E-state index >= 15 is 0 Å². The van der Waals surface area contributed by atoms with Crippen molar-refractivity contribution >= 4 is 39.3 Å². The van der Waals surface area contributed by atoms with Crippen LogP contribution in [0.25, 0.3) is 21.8 Å². The van der Waals surface area contributed by atoms with E-state index in [0.29, 0.717) is 39.7 Å². The van der Waals surface area contributed by atoms with E-state index in [0.717, 1.165) is 17.2 Å². The summed E-state index contributed by atoms with van der Waals surface area (Å²) in [5.74, 6) is 7.47. The van der Waals surface area contributed by atoms with Crippen molar-refractivity contribution < 1.29 is 13.6 Å². The maximum atomic E-state index is 13.2. The molecule has 1 amide bonds. The molecule has 2 unspecified atom stereocenters. The molecule has 9 heteroatoms. The molecule has 2 atom stereocenters. The quantitative estimate of drug-likeness (QED) is 0.439. The zero-order chi connectivity index (χ0) is 24.0.